The van der Waals surface area contributed by atoms with Gasteiger partial charge in [0.05, 0.1) is 17.2 Å². The van der Waals surface area contributed by atoms with Gasteiger partial charge in [-0.3, -0.25) is 4.79 Å². The largest absolute Gasteiger partial charge is 0.494 e. The summed E-state index contributed by atoms with van der Waals surface area (Å²) in [5, 5.41) is 3.90. The third kappa shape index (κ3) is 4.03. The number of carbonyl (C=O) groups is 1. The summed E-state index contributed by atoms with van der Waals surface area (Å²) in [7, 11) is 1.46. The van der Waals surface area contributed by atoms with E-state index in [0.29, 0.717) is 44.6 Å². The Labute approximate surface area is 181 Å². The zero-order chi connectivity index (χ0) is 20.5. The molecule has 0 radical (unpaired) electrons. The van der Waals surface area contributed by atoms with Crippen molar-refractivity contribution >= 4 is 57.5 Å². The van der Waals surface area contributed by atoms with Crippen molar-refractivity contribution in [3.05, 3.63) is 75.2 Å². The number of nitrogens with zero attached hydrogens (tertiary/aromatic N) is 1. The number of aromatic nitrogens is 1. The molecule has 146 valence electrons. The number of nitrogens with one attached hydrogen (secondary N) is 1. The molecule has 0 bridgehead atoms. The second-order valence-electron chi connectivity index (χ2n) is 6.14. The van der Waals surface area contributed by atoms with Crippen LogP contribution >= 0.6 is 34.8 Å². The van der Waals surface area contributed by atoms with Crippen LogP contribution in [0.4, 0.5) is 5.69 Å². The molecule has 4 aromatic rings. The van der Waals surface area contributed by atoms with Crippen LogP contribution < -0.4 is 10.1 Å². The van der Waals surface area contributed by atoms with E-state index in [4.69, 9.17) is 44.0 Å². The van der Waals surface area contributed by atoms with Gasteiger partial charge in [0, 0.05) is 21.8 Å². The van der Waals surface area contributed by atoms with Gasteiger partial charge in [-0.2, -0.15) is 0 Å². The Kier molecular flexibility index (Phi) is 5.37. The van der Waals surface area contributed by atoms with Crippen molar-refractivity contribution < 1.29 is 13.9 Å². The van der Waals surface area contributed by atoms with Gasteiger partial charge in [-0.15, -0.1) is 0 Å². The number of halogens is 3. The average molecular weight is 448 g/mol. The SMILES string of the molecule is COc1c(Cl)cc(C(=O)Nc2cccc(-c3nc4cc(Cl)ccc4o3)c2)cc1Cl. The summed E-state index contributed by atoms with van der Waals surface area (Å²) in [4.78, 5) is 17.1. The molecule has 5 nitrogen and oxygen atoms in total. The molecule has 0 aliphatic carbocycles. The first-order valence-corrected chi connectivity index (χ1v) is 9.59. The molecule has 0 aliphatic heterocycles. The lowest BCUT2D eigenvalue weighted by Gasteiger charge is -2.10. The lowest BCUT2D eigenvalue weighted by Crippen LogP contribution is -2.12. The van der Waals surface area contributed by atoms with Gasteiger partial charge in [-0.1, -0.05) is 40.9 Å². The molecule has 29 heavy (non-hydrogen) atoms. The van der Waals surface area contributed by atoms with Crippen molar-refractivity contribution in [1.82, 2.24) is 4.98 Å². The van der Waals surface area contributed by atoms with E-state index in [1.807, 2.05) is 6.07 Å². The number of ether oxygens (including phenoxy) is 1. The predicted octanol–water partition coefficient (Wildman–Crippen LogP) is 6.72. The van der Waals surface area contributed by atoms with Crippen LogP contribution in [0.3, 0.4) is 0 Å². The highest BCUT2D eigenvalue weighted by Crippen LogP contribution is 2.34. The quantitative estimate of drug-likeness (QED) is 0.377. The summed E-state index contributed by atoms with van der Waals surface area (Å²) in [6.45, 7) is 0. The van der Waals surface area contributed by atoms with Crippen molar-refractivity contribution in [1.29, 1.82) is 0 Å². The Morgan fingerprint density at radius 1 is 1.03 bits per heavy atom. The molecule has 0 saturated carbocycles. The summed E-state index contributed by atoms with van der Waals surface area (Å²) in [5.41, 5.74) is 2.87. The van der Waals surface area contributed by atoms with Gasteiger partial charge < -0.3 is 14.5 Å². The molecule has 1 aromatic heterocycles. The fourth-order valence-corrected chi connectivity index (χ4v) is 3.65. The number of methoxy groups -OCH3 is 1. The Hall–Kier alpha value is -2.73. The average Bonchev–Trinajstić information content (AvgIpc) is 3.11. The third-order valence-corrected chi connectivity index (χ3v) is 4.98. The van der Waals surface area contributed by atoms with Gasteiger partial charge in [-0.05, 0) is 48.5 Å². The van der Waals surface area contributed by atoms with E-state index < -0.39 is 0 Å². The van der Waals surface area contributed by atoms with E-state index in [-0.39, 0.29) is 16.0 Å². The smallest absolute Gasteiger partial charge is 0.255 e. The lowest BCUT2D eigenvalue weighted by molar-refractivity contribution is 0.102. The van der Waals surface area contributed by atoms with E-state index in [9.17, 15) is 4.79 Å². The van der Waals surface area contributed by atoms with Crippen LogP contribution in [-0.4, -0.2) is 18.0 Å². The van der Waals surface area contributed by atoms with Gasteiger partial charge in [0.25, 0.3) is 5.91 Å². The summed E-state index contributed by atoms with van der Waals surface area (Å²) in [6.07, 6.45) is 0. The second-order valence-corrected chi connectivity index (χ2v) is 7.39. The maximum Gasteiger partial charge on any atom is 0.255 e. The zero-order valence-electron chi connectivity index (χ0n) is 15.0. The predicted molar refractivity (Wildman–Crippen MR) is 115 cm³/mol. The number of fused-ring (bicyclic) bond motifs is 1. The number of carbonyl (C=O) groups excluding carboxylic acids is 1. The molecule has 0 atom stereocenters. The van der Waals surface area contributed by atoms with Gasteiger partial charge in [0.1, 0.15) is 5.52 Å². The van der Waals surface area contributed by atoms with Gasteiger partial charge in [0.15, 0.2) is 11.3 Å². The van der Waals surface area contributed by atoms with E-state index in [1.54, 1.807) is 36.4 Å². The molecule has 1 heterocycles. The Balaban J connectivity index is 1.61. The number of hydrogen-bond acceptors (Lipinski definition) is 4. The standard InChI is InChI=1S/C21H13Cl3N2O3/c1-28-19-15(23)8-12(9-16(19)24)20(27)25-14-4-2-3-11(7-14)21-26-17-10-13(22)5-6-18(17)29-21/h2-10H,1H3,(H,25,27). The van der Waals surface area contributed by atoms with Crippen molar-refractivity contribution in [3.8, 4) is 17.2 Å². The van der Waals surface area contributed by atoms with E-state index in [0.717, 1.165) is 0 Å². The molecule has 0 fully saturated rings. The second kappa shape index (κ2) is 7.95. The zero-order valence-corrected chi connectivity index (χ0v) is 17.3. The highest BCUT2D eigenvalue weighted by atomic mass is 35.5. The number of amides is 1. The molecular formula is C21H13Cl3N2O3. The van der Waals surface area contributed by atoms with Crippen LogP contribution in [0.25, 0.3) is 22.6 Å². The molecule has 0 spiro atoms. The van der Waals surface area contributed by atoms with E-state index in [1.165, 1.54) is 19.2 Å². The molecule has 3 aromatic carbocycles. The maximum atomic E-state index is 12.6. The van der Waals surface area contributed by atoms with Crippen molar-refractivity contribution in [2.45, 2.75) is 0 Å². The number of oxazole rings is 1. The van der Waals surface area contributed by atoms with Crippen molar-refractivity contribution in [2.75, 3.05) is 12.4 Å². The van der Waals surface area contributed by atoms with Gasteiger partial charge >= 0.3 is 0 Å². The van der Waals surface area contributed by atoms with E-state index in [2.05, 4.69) is 10.3 Å². The maximum absolute atomic E-state index is 12.6. The molecule has 0 aliphatic rings. The minimum Gasteiger partial charge on any atom is -0.494 e. The van der Waals surface area contributed by atoms with Crippen molar-refractivity contribution in [3.63, 3.8) is 0 Å². The number of rotatable bonds is 4. The number of hydrogen-bond donors (Lipinski definition) is 1. The van der Waals surface area contributed by atoms with Crippen LogP contribution in [-0.2, 0) is 0 Å². The molecular weight excluding hydrogens is 435 g/mol. The highest BCUT2D eigenvalue weighted by Gasteiger charge is 2.15. The highest BCUT2D eigenvalue weighted by molar-refractivity contribution is 6.37. The number of benzene rings is 3. The lowest BCUT2D eigenvalue weighted by atomic mass is 10.1. The molecule has 0 saturated heterocycles. The van der Waals surface area contributed by atoms with Crippen molar-refractivity contribution in [2.24, 2.45) is 0 Å². The van der Waals surface area contributed by atoms with Crippen LogP contribution in [0.15, 0.2) is 59.0 Å². The molecule has 8 heteroatoms. The minimum absolute atomic E-state index is 0.254. The molecule has 0 unspecified atom stereocenters. The fraction of sp³-hybridized carbons (Fsp3) is 0.0476. The molecule has 4 rings (SSSR count). The van der Waals surface area contributed by atoms with Crippen LogP contribution in [0.2, 0.25) is 15.1 Å². The fourth-order valence-electron chi connectivity index (χ4n) is 2.84. The summed E-state index contributed by atoms with van der Waals surface area (Å²) < 4.78 is 10.9. The van der Waals surface area contributed by atoms with Gasteiger partial charge in [0.2, 0.25) is 5.89 Å². The summed E-state index contributed by atoms with van der Waals surface area (Å²) in [6, 6.07) is 15.4. The Morgan fingerprint density at radius 3 is 2.52 bits per heavy atom. The minimum atomic E-state index is -0.363. The monoisotopic (exact) mass is 446 g/mol. The third-order valence-electron chi connectivity index (χ3n) is 4.18. The normalized spacial score (nSPS) is 10.9. The molecule has 1 amide bonds. The van der Waals surface area contributed by atoms with Gasteiger partial charge in [-0.25, -0.2) is 4.98 Å². The molecule has 1 N–H and O–H groups in total. The Bertz CT molecular complexity index is 1210. The number of anilines is 1. The van der Waals surface area contributed by atoms with Crippen LogP contribution in [0.5, 0.6) is 5.75 Å². The first-order valence-electron chi connectivity index (χ1n) is 8.45. The van der Waals surface area contributed by atoms with E-state index >= 15 is 0 Å². The Morgan fingerprint density at radius 2 is 1.79 bits per heavy atom. The first-order chi connectivity index (χ1) is 13.9. The summed E-state index contributed by atoms with van der Waals surface area (Å²) >= 11 is 18.2. The topological polar surface area (TPSA) is 64.4 Å². The van der Waals surface area contributed by atoms with Crippen LogP contribution in [0.1, 0.15) is 10.4 Å². The summed E-state index contributed by atoms with van der Waals surface area (Å²) in [5.74, 6) is 0.384. The van der Waals surface area contributed by atoms with Crippen LogP contribution in [0, 0.1) is 0 Å². The first kappa shape index (κ1) is 19.6.